The fourth-order valence-electron chi connectivity index (χ4n) is 2.58. The van der Waals surface area contributed by atoms with E-state index in [-0.39, 0.29) is 18.9 Å². The highest BCUT2D eigenvalue weighted by Gasteiger charge is 2.39. The molecule has 3 N–H and O–H groups in total. The van der Waals surface area contributed by atoms with E-state index in [0.717, 1.165) is 25.0 Å². The van der Waals surface area contributed by atoms with Gasteiger partial charge in [-0.05, 0) is 18.9 Å². The first-order valence-electron chi connectivity index (χ1n) is 6.61. The highest BCUT2D eigenvalue weighted by molar-refractivity contribution is 5.80. The molecule has 1 aliphatic rings. The Balaban J connectivity index is 1.88. The lowest BCUT2D eigenvalue weighted by Crippen LogP contribution is -2.44. The molecular formula is C13H19N3O3. The highest BCUT2D eigenvalue weighted by atomic mass is 16.4. The van der Waals surface area contributed by atoms with Crippen molar-refractivity contribution in [2.45, 2.75) is 38.5 Å². The second-order valence-corrected chi connectivity index (χ2v) is 5.18. The molecule has 0 unspecified atom stereocenters. The highest BCUT2D eigenvalue weighted by Crippen LogP contribution is 2.35. The normalized spacial score (nSPS) is 17.9. The van der Waals surface area contributed by atoms with Crippen LogP contribution in [0.4, 0.5) is 0 Å². The number of carbonyl (C=O) groups is 2. The van der Waals surface area contributed by atoms with E-state index in [4.69, 9.17) is 0 Å². The molecule has 0 spiro atoms. The lowest BCUT2D eigenvalue weighted by atomic mass is 9.74. The van der Waals surface area contributed by atoms with Crippen LogP contribution in [0.25, 0.3) is 0 Å². The Labute approximate surface area is 111 Å². The number of aliphatic carboxylic acids is 1. The Kier molecular flexibility index (Phi) is 4.19. The van der Waals surface area contributed by atoms with Crippen LogP contribution in [0.3, 0.4) is 0 Å². The van der Waals surface area contributed by atoms with E-state index >= 15 is 0 Å². The third-order valence-corrected chi connectivity index (χ3v) is 3.80. The third kappa shape index (κ3) is 3.33. The predicted octanol–water partition coefficient (Wildman–Crippen LogP) is 1.10. The Morgan fingerprint density at radius 1 is 1.37 bits per heavy atom. The van der Waals surface area contributed by atoms with Crippen LogP contribution in [0.5, 0.6) is 0 Å². The minimum Gasteiger partial charge on any atom is -0.481 e. The van der Waals surface area contributed by atoms with Crippen molar-refractivity contribution in [2.75, 3.05) is 6.54 Å². The first-order valence-corrected chi connectivity index (χ1v) is 6.61. The number of amides is 1. The van der Waals surface area contributed by atoms with Crippen molar-refractivity contribution < 1.29 is 14.7 Å². The summed E-state index contributed by atoms with van der Waals surface area (Å²) in [5.41, 5.74) is -0.0486. The molecule has 104 valence electrons. The zero-order chi connectivity index (χ0) is 13.7. The van der Waals surface area contributed by atoms with E-state index < -0.39 is 11.4 Å². The van der Waals surface area contributed by atoms with Crippen molar-refractivity contribution >= 4 is 11.9 Å². The third-order valence-electron chi connectivity index (χ3n) is 3.80. The van der Waals surface area contributed by atoms with E-state index in [0.29, 0.717) is 12.8 Å². The summed E-state index contributed by atoms with van der Waals surface area (Å²) in [6, 6.07) is 1.73. The maximum Gasteiger partial charge on any atom is 0.311 e. The van der Waals surface area contributed by atoms with Crippen molar-refractivity contribution in [1.29, 1.82) is 0 Å². The smallest absolute Gasteiger partial charge is 0.311 e. The second kappa shape index (κ2) is 5.86. The fourth-order valence-corrected chi connectivity index (χ4v) is 2.58. The number of carboxylic acid groups (broad SMARTS) is 1. The van der Waals surface area contributed by atoms with Gasteiger partial charge in [0.05, 0.1) is 11.8 Å². The van der Waals surface area contributed by atoms with Crippen molar-refractivity contribution in [2.24, 2.45) is 5.41 Å². The van der Waals surface area contributed by atoms with Gasteiger partial charge >= 0.3 is 5.97 Å². The van der Waals surface area contributed by atoms with Crippen LogP contribution in [0, 0.1) is 5.41 Å². The Morgan fingerprint density at radius 2 is 2.11 bits per heavy atom. The standard InChI is InChI=1S/C13H19N3O3/c17-11(8-10-4-7-15-16-10)14-9-13(12(18)19)5-2-1-3-6-13/h4,7H,1-3,5-6,8-9H2,(H,14,17)(H,15,16)(H,18,19). The van der Waals surface area contributed by atoms with Crippen molar-refractivity contribution in [3.63, 3.8) is 0 Å². The van der Waals surface area contributed by atoms with Gasteiger partial charge in [0.1, 0.15) is 0 Å². The average Bonchev–Trinajstić information content (AvgIpc) is 2.90. The summed E-state index contributed by atoms with van der Waals surface area (Å²) in [6.07, 6.45) is 6.00. The van der Waals surface area contributed by atoms with Gasteiger partial charge in [-0.15, -0.1) is 0 Å². The molecule has 19 heavy (non-hydrogen) atoms. The van der Waals surface area contributed by atoms with Gasteiger partial charge in [-0.1, -0.05) is 19.3 Å². The number of aromatic amines is 1. The topological polar surface area (TPSA) is 95.1 Å². The largest absolute Gasteiger partial charge is 0.481 e. The molecule has 0 saturated heterocycles. The van der Waals surface area contributed by atoms with E-state index in [1.165, 1.54) is 0 Å². The van der Waals surface area contributed by atoms with E-state index in [1.54, 1.807) is 12.3 Å². The molecule has 1 amide bonds. The van der Waals surface area contributed by atoms with E-state index in [9.17, 15) is 14.7 Å². The molecule has 0 atom stereocenters. The number of carbonyl (C=O) groups excluding carboxylic acids is 1. The molecule has 0 aliphatic heterocycles. The molecule has 1 aliphatic carbocycles. The molecule has 2 rings (SSSR count). The lowest BCUT2D eigenvalue weighted by molar-refractivity contribution is -0.151. The predicted molar refractivity (Wildman–Crippen MR) is 68.5 cm³/mol. The molecule has 0 aromatic carbocycles. The first kappa shape index (κ1) is 13.6. The number of nitrogens with zero attached hydrogens (tertiary/aromatic N) is 1. The summed E-state index contributed by atoms with van der Waals surface area (Å²) in [6.45, 7) is 0.218. The van der Waals surface area contributed by atoms with Crippen molar-refractivity contribution in [3.05, 3.63) is 18.0 Å². The molecular weight excluding hydrogens is 246 g/mol. The van der Waals surface area contributed by atoms with Gasteiger partial charge in [0, 0.05) is 18.4 Å². The SMILES string of the molecule is O=C(Cc1ccn[nH]1)NCC1(C(=O)O)CCCCC1. The van der Waals surface area contributed by atoms with Crippen LogP contribution in [-0.4, -0.2) is 33.7 Å². The van der Waals surface area contributed by atoms with E-state index in [2.05, 4.69) is 15.5 Å². The van der Waals surface area contributed by atoms with Gasteiger partial charge in [0.15, 0.2) is 0 Å². The zero-order valence-corrected chi connectivity index (χ0v) is 10.8. The molecule has 1 saturated carbocycles. The second-order valence-electron chi connectivity index (χ2n) is 5.18. The number of carboxylic acids is 1. The first-order chi connectivity index (χ1) is 9.12. The summed E-state index contributed by atoms with van der Waals surface area (Å²) in [5, 5.41) is 18.6. The van der Waals surface area contributed by atoms with Gasteiger partial charge in [-0.25, -0.2) is 0 Å². The van der Waals surface area contributed by atoms with Gasteiger partial charge in [-0.2, -0.15) is 5.10 Å². The van der Waals surface area contributed by atoms with Crippen LogP contribution in [0.2, 0.25) is 0 Å². The lowest BCUT2D eigenvalue weighted by Gasteiger charge is -2.33. The monoisotopic (exact) mass is 265 g/mol. The number of rotatable bonds is 5. The number of aromatic nitrogens is 2. The summed E-state index contributed by atoms with van der Waals surface area (Å²) in [4.78, 5) is 23.2. The molecule has 1 heterocycles. The Morgan fingerprint density at radius 3 is 2.68 bits per heavy atom. The minimum absolute atomic E-state index is 0.171. The Hall–Kier alpha value is -1.85. The van der Waals surface area contributed by atoms with Gasteiger partial charge in [0.25, 0.3) is 0 Å². The molecule has 0 radical (unpaired) electrons. The zero-order valence-electron chi connectivity index (χ0n) is 10.8. The maximum atomic E-state index is 11.8. The Bertz CT molecular complexity index is 436. The molecule has 6 nitrogen and oxygen atoms in total. The van der Waals surface area contributed by atoms with Crippen LogP contribution in [0.15, 0.2) is 12.3 Å². The summed E-state index contributed by atoms with van der Waals surface area (Å²) < 4.78 is 0. The van der Waals surface area contributed by atoms with Crippen LogP contribution >= 0.6 is 0 Å². The van der Waals surface area contributed by atoms with Crippen LogP contribution in [0.1, 0.15) is 37.8 Å². The van der Waals surface area contributed by atoms with Gasteiger partial charge in [-0.3, -0.25) is 14.7 Å². The fraction of sp³-hybridized carbons (Fsp3) is 0.615. The summed E-state index contributed by atoms with van der Waals surface area (Å²) >= 11 is 0. The molecule has 6 heteroatoms. The molecule has 1 aromatic heterocycles. The number of hydrogen-bond acceptors (Lipinski definition) is 3. The minimum atomic E-state index is -0.797. The van der Waals surface area contributed by atoms with Gasteiger partial charge in [0.2, 0.25) is 5.91 Å². The van der Waals surface area contributed by atoms with E-state index in [1.807, 2.05) is 0 Å². The molecule has 0 bridgehead atoms. The quantitative estimate of drug-likeness (QED) is 0.743. The van der Waals surface area contributed by atoms with Crippen LogP contribution in [-0.2, 0) is 16.0 Å². The summed E-state index contributed by atoms with van der Waals surface area (Å²) in [5.74, 6) is -0.968. The van der Waals surface area contributed by atoms with Gasteiger partial charge < -0.3 is 10.4 Å². The maximum absolute atomic E-state index is 11.8. The number of hydrogen-bond donors (Lipinski definition) is 3. The number of nitrogens with one attached hydrogen (secondary N) is 2. The van der Waals surface area contributed by atoms with Crippen molar-refractivity contribution in [3.8, 4) is 0 Å². The van der Waals surface area contributed by atoms with Crippen LogP contribution < -0.4 is 5.32 Å². The average molecular weight is 265 g/mol. The summed E-state index contributed by atoms with van der Waals surface area (Å²) in [7, 11) is 0. The molecule has 1 aromatic rings. The molecule has 1 fully saturated rings. The number of H-pyrrole nitrogens is 1. The van der Waals surface area contributed by atoms with Crippen molar-refractivity contribution in [1.82, 2.24) is 15.5 Å².